The maximum absolute atomic E-state index is 5.84. The van der Waals surface area contributed by atoms with Gasteiger partial charge in [-0.15, -0.1) is 0 Å². The fourth-order valence-corrected chi connectivity index (χ4v) is 2.83. The van der Waals surface area contributed by atoms with E-state index < -0.39 is 0 Å². The van der Waals surface area contributed by atoms with Crippen LogP contribution in [0.1, 0.15) is 60.3 Å². The van der Waals surface area contributed by atoms with Crippen LogP contribution in [-0.2, 0) is 4.74 Å². The van der Waals surface area contributed by atoms with Crippen molar-refractivity contribution in [1.82, 2.24) is 4.90 Å². The maximum atomic E-state index is 5.84. The van der Waals surface area contributed by atoms with E-state index >= 15 is 0 Å². The molecule has 1 aliphatic heterocycles. The molecule has 0 aromatic carbocycles. The molecule has 2 heteroatoms. The molecule has 0 saturated carbocycles. The molecule has 0 spiro atoms. The van der Waals surface area contributed by atoms with Gasteiger partial charge in [0.1, 0.15) is 0 Å². The number of likely N-dealkylation sites (tertiary alicyclic amines) is 1. The van der Waals surface area contributed by atoms with E-state index in [4.69, 9.17) is 4.74 Å². The molecule has 1 aliphatic rings. The minimum atomic E-state index is 0.431. The van der Waals surface area contributed by atoms with Gasteiger partial charge in [0.15, 0.2) is 0 Å². The van der Waals surface area contributed by atoms with Crippen molar-refractivity contribution in [3.05, 3.63) is 0 Å². The number of hydrogen-bond donors (Lipinski definition) is 0. The largest absolute Gasteiger partial charge is 0.381 e. The van der Waals surface area contributed by atoms with Crippen molar-refractivity contribution in [2.24, 2.45) is 17.3 Å². The van der Waals surface area contributed by atoms with Crippen molar-refractivity contribution in [3.63, 3.8) is 0 Å². The van der Waals surface area contributed by atoms with Crippen LogP contribution in [0.2, 0.25) is 0 Å². The lowest BCUT2D eigenvalue weighted by Crippen LogP contribution is -2.39. The standard InChI is InChI=1S/C17H35NO/c1-15(2)7-6-12-19-13-16-8-10-18(11-9-16)14-17(3,4)5/h15-16H,6-14H2,1-5H3. The van der Waals surface area contributed by atoms with Crippen molar-refractivity contribution in [2.45, 2.75) is 60.3 Å². The topological polar surface area (TPSA) is 12.5 Å². The first kappa shape index (κ1) is 17.0. The summed E-state index contributed by atoms with van der Waals surface area (Å²) >= 11 is 0. The fraction of sp³-hybridized carbons (Fsp3) is 1.00. The molecule has 0 unspecified atom stereocenters. The Morgan fingerprint density at radius 2 is 1.79 bits per heavy atom. The highest BCUT2D eigenvalue weighted by Crippen LogP contribution is 2.22. The van der Waals surface area contributed by atoms with Gasteiger partial charge >= 0.3 is 0 Å². The number of nitrogens with zero attached hydrogens (tertiary/aromatic N) is 1. The molecule has 0 aromatic rings. The first-order valence-electron chi connectivity index (χ1n) is 8.17. The van der Waals surface area contributed by atoms with Gasteiger partial charge in [-0.2, -0.15) is 0 Å². The van der Waals surface area contributed by atoms with E-state index in [2.05, 4.69) is 39.5 Å². The molecular formula is C17H35NO. The molecule has 0 N–H and O–H groups in total. The first-order chi connectivity index (χ1) is 8.87. The molecule has 19 heavy (non-hydrogen) atoms. The summed E-state index contributed by atoms with van der Waals surface area (Å²) in [5.41, 5.74) is 0.431. The van der Waals surface area contributed by atoms with Gasteiger partial charge in [-0.3, -0.25) is 0 Å². The highest BCUT2D eigenvalue weighted by Gasteiger charge is 2.22. The predicted molar refractivity (Wildman–Crippen MR) is 83.5 cm³/mol. The Morgan fingerprint density at radius 1 is 1.16 bits per heavy atom. The van der Waals surface area contributed by atoms with Gasteiger partial charge in [-0.1, -0.05) is 34.6 Å². The van der Waals surface area contributed by atoms with E-state index in [1.165, 1.54) is 45.3 Å². The molecule has 0 bridgehead atoms. The first-order valence-corrected chi connectivity index (χ1v) is 8.17. The third-order valence-electron chi connectivity index (χ3n) is 3.83. The molecule has 0 aromatic heterocycles. The van der Waals surface area contributed by atoms with E-state index in [9.17, 15) is 0 Å². The molecule has 1 fully saturated rings. The van der Waals surface area contributed by atoms with Crippen LogP contribution in [0, 0.1) is 17.3 Å². The molecule has 1 heterocycles. The molecule has 1 rings (SSSR count). The average molecular weight is 269 g/mol. The molecule has 0 aliphatic carbocycles. The Morgan fingerprint density at radius 3 is 2.32 bits per heavy atom. The van der Waals surface area contributed by atoms with Crippen molar-refractivity contribution in [3.8, 4) is 0 Å². The van der Waals surface area contributed by atoms with E-state index in [1.54, 1.807) is 0 Å². The monoisotopic (exact) mass is 269 g/mol. The normalized spacial score (nSPS) is 19.3. The van der Waals surface area contributed by atoms with Gasteiger partial charge in [0, 0.05) is 19.8 Å². The number of piperidine rings is 1. The lowest BCUT2D eigenvalue weighted by Gasteiger charge is -2.35. The molecule has 1 saturated heterocycles. The summed E-state index contributed by atoms with van der Waals surface area (Å²) in [5.74, 6) is 1.61. The van der Waals surface area contributed by atoms with Crippen LogP contribution in [0.25, 0.3) is 0 Å². The second-order valence-electron chi connectivity index (χ2n) is 7.89. The summed E-state index contributed by atoms with van der Waals surface area (Å²) in [4.78, 5) is 2.62. The summed E-state index contributed by atoms with van der Waals surface area (Å²) in [6, 6.07) is 0. The maximum Gasteiger partial charge on any atom is 0.0495 e. The van der Waals surface area contributed by atoms with Crippen molar-refractivity contribution < 1.29 is 4.74 Å². The predicted octanol–water partition coefficient (Wildman–Crippen LogP) is 4.20. The Kier molecular flexibility index (Phi) is 7.38. The summed E-state index contributed by atoms with van der Waals surface area (Å²) in [6.45, 7) is 17.3. The zero-order valence-corrected chi connectivity index (χ0v) is 13.9. The molecule has 0 amide bonds. The Labute approximate surface area is 120 Å². The van der Waals surface area contributed by atoms with Gasteiger partial charge < -0.3 is 9.64 Å². The van der Waals surface area contributed by atoms with E-state index in [1.807, 2.05) is 0 Å². The Balaban J connectivity index is 2.04. The van der Waals surface area contributed by atoms with Crippen LogP contribution in [-0.4, -0.2) is 37.7 Å². The second-order valence-corrected chi connectivity index (χ2v) is 7.89. The molecule has 114 valence electrons. The quantitative estimate of drug-likeness (QED) is 0.642. The highest BCUT2D eigenvalue weighted by molar-refractivity contribution is 4.76. The van der Waals surface area contributed by atoms with E-state index in [-0.39, 0.29) is 0 Å². The molecule has 2 nitrogen and oxygen atoms in total. The number of ether oxygens (including phenoxy) is 1. The van der Waals surface area contributed by atoms with E-state index in [0.29, 0.717) is 5.41 Å². The van der Waals surface area contributed by atoms with Crippen LogP contribution in [0.4, 0.5) is 0 Å². The van der Waals surface area contributed by atoms with Gasteiger partial charge in [-0.05, 0) is 56.0 Å². The average Bonchev–Trinajstić information content (AvgIpc) is 2.28. The summed E-state index contributed by atoms with van der Waals surface area (Å²) in [6.07, 6.45) is 5.16. The van der Waals surface area contributed by atoms with Crippen LogP contribution >= 0.6 is 0 Å². The summed E-state index contributed by atoms with van der Waals surface area (Å²) in [7, 11) is 0. The molecule has 0 radical (unpaired) electrons. The van der Waals surface area contributed by atoms with Crippen LogP contribution < -0.4 is 0 Å². The fourth-order valence-electron chi connectivity index (χ4n) is 2.83. The Bertz CT molecular complexity index is 224. The summed E-state index contributed by atoms with van der Waals surface area (Å²) in [5, 5.41) is 0. The lowest BCUT2D eigenvalue weighted by atomic mass is 9.92. The number of rotatable bonds is 7. The summed E-state index contributed by atoms with van der Waals surface area (Å²) < 4.78 is 5.84. The minimum absolute atomic E-state index is 0.431. The number of hydrogen-bond acceptors (Lipinski definition) is 2. The second kappa shape index (κ2) is 8.26. The van der Waals surface area contributed by atoms with E-state index in [0.717, 1.165) is 25.0 Å². The van der Waals surface area contributed by atoms with Crippen molar-refractivity contribution >= 4 is 0 Å². The van der Waals surface area contributed by atoms with Gasteiger partial charge in [-0.25, -0.2) is 0 Å². The zero-order valence-electron chi connectivity index (χ0n) is 13.9. The minimum Gasteiger partial charge on any atom is -0.381 e. The van der Waals surface area contributed by atoms with Crippen molar-refractivity contribution in [2.75, 3.05) is 32.8 Å². The van der Waals surface area contributed by atoms with Crippen LogP contribution in [0.15, 0.2) is 0 Å². The van der Waals surface area contributed by atoms with Gasteiger partial charge in [0.05, 0.1) is 0 Å². The van der Waals surface area contributed by atoms with Crippen LogP contribution in [0.3, 0.4) is 0 Å². The zero-order chi connectivity index (χ0) is 14.3. The highest BCUT2D eigenvalue weighted by atomic mass is 16.5. The van der Waals surface area contributed by atoms with Gasteiger partial charge in [0.25, 0.3) is 0 Å². The molecular weight excluding hydrogens is 234 g/mol. The Hall–Kier alpha value is -0.0800. The van der Waals surface area contributed by atoms with Crippen molar-refractivity contribution in [1.29, 1.82) is 0 Å². The third-order valence-corrected chi connectivity index (χ3v) is 3.83. The third kappa shape index (κ3) is 8.65. The smallest absolute Gasteiger partial charge is 0.0495 e. The molecule has 0 atom stereocenters. The van der Waals surface area contributed by atoms with Gasteiger partial charge in [0.2, 0.25) is 0 Å². The lowest BCUT2D eigenvalue weighted by molar-refractivity contribution is 0.0563. The van der Waals surface area contributed by atoms with Crippen LogP contribution in [0.5, 0.6) is 0 Å². The SMILES string of the molecule is CC(C)CCCOCC1CCN(CC(C)(C)C)CC1.